The summed E-state index contributed by atoms with van der Waals surface area (Å²) in [6.45, 7) is 0. The topological polar surface area (TPSA) is 17.1 Å². The Bertz CT molecular complexity index is 156. The lowest BCUT2D eigenvalue weighted by Crippen LogP contribution is -2.29. The normalized spacial score (nSPS) is 15.8. The molecule has 0 heterocycles. The Morgan fingerprint density at radius 3 is 1.58 bits per heavy atom. The third kappa shape index (κ3) is 4.20. The van der Waals surface area contributed by atoms with Gasteiger partial charge in [0.05, 0.1) is 6.42 Å². The number of alkyl halides is 6. The van der Waals surface area contributed by atoms with Crippen LogP contribution in [0.3, 0.4) is 0 Å². The van der Waals surface area contributed by atoms with Gasteiger partial charge in [0.1, 0.15) is 12.2 Å². The Labute approximate surface area is 63.4 Å². The van der Waals surface area contributed by atoms with Crippen molar-refractivity contribution in [2.24, 2.45) is 5.92 Å². The van der Waals surface area contributed by atoms with Gasteiger partial charge < -0.3 is 4.79 Å². The van der Waals surface area contributed by atoms with Gasteiger partial charge in [0, 0.05) is 0 Å². The van der Waals surface area contributed by atoms with E-state index in [1.807, 2.05) is 0 Å². The van der Waals surface area contributed by atoms with E-state index in [4.69, 9.17) is 0 Å². The van der Waals surface area contributed by atoms with E-state index >= 15 is 0 Å². The number of hydrogen-bond donors (Lipinski definition) is 0. The molecule has 0 N–H and O–H groups in total. The van der Waals surface area contributed by atoms with Gasteiger partial charge in [-0.2, -0.15) is 26.3 Å². The molecule has 0 spiro atoms. The molecule has 12 heavy (non-hydrogen) atoms. The lowest BCUT2D eigenvalue weighted by Gasteiger charge is -2.15. The van der Waals surface area contributed by atoms with Crippen LogP contribution in [-0.4, -0.2) is 18.6 Å². The molecule has 1 nitrogen and oxygen atoms in total. The van der Waals surface area contributed by atoms with Crippen molar-refractivity contribution in [1.29, 1.82) is 0 Å². The molecule has 0 radical (unpaired) electrons. The van der Waals surface area contributed by atoms with E-state index in [0.717, 1.165) is 0 Å². The van der Waals surface area contributed by atoms with Crippen LogP contribution < -0.4 is 0 Å². The van der Waals surface area contributed by atoms with E-state index in [1.54, 1.807) is 0 Å². The number of aldehydes is 1. The van der Waals surface area contributed by atoms with Crippen molar-refractivity contribution in [2.45, 2.75) is 18.8 Å². The highest BCUT2D eigenvalue weighted by atomic mass is 19.4. The number of carbonyl (C=O) groups excluding carboxylic acids is 1. The predicted octanol–water partition coefficient (Wildman–Crippen LogP) is 2.32. The molecule has 0 bridgehead atoms. The maximum absolute atomic E-state index is 11.5. The Kier molecular flexibility index (Phi) is 3.11. The molecule has 0 aliphatic heterocycles. The highest BCUT2D eigenvalue weighted by Crippen LogP contribution is 2.34. The van der Waals surface area contributed by atoms with Crippen LogP contribution in [0.5, 0.6) is 0 Å². The van der Waals surface area contributed by atoms with Gasteiger partial charge >= 0.3 is 12.4 Å². The van der Waals surface area contributed by atoms with Crippen molar-refractivity contribution in [3.8, 4) is 0 Å². The molecule has 0 aromatic carbocycles. The van der Waals surface area contributed by atoms with Crippen LogP contribution >= 0.6 is 0 Å². The molecule has 0 aliphatic carbocycles. The maximum Gasteiger partial charge on any atom is 0.398 e. The maximum atomic E-state index is 11.5. The van der Waals surface area contributed by atoms with Crippen molar-refractivity contribution in [3.63, 3.8) is 0 Å². The lowest BCUT2D eigenvalue weighted by atomic mass is 10.1. The van der Waals surface area contributed by atoms with E-state index in [9.17, 15) is 31.1 Å². The quantitative estimate of drug-likeness (QED) is 0.487. The number of hydrogen-bond acceptors (Lipinski definition) is 1. The molecule has 0 amide bonds. The van der Waals surface area contributed by atoms with Crippen molar-refractivity contribution < 1.29 is 31.1 Å². The smallest absolute Gasteiger partial charge is 0.303 e. The number of rotatable bonds is 2. The molecule has 0 rings (SSSR count). The zero-order valence-corrected chi connectivity index (χ0v) is 5.54. The summed E-state index contributed by atoms with van der Waals surface area (Å²) in [5, 5.41) is 0. The van der Waals surface area contributed by atoms with Crippen LogP contribution in [0.4, 0.5) is 26.3 Å². The fraction of sp³-hybridized carbons (Fsp3) is 0.800. The third-order valence-electron chi connectivity index (χ3n) is 1.04. The summed E-state index contributed by atoms with van der Waals surface area (Å²) in [6, 6.07) is 0. The molecule has 7 heteroatoms. The molecule has 1 atom stereocenters. The Morgan fingerprint density at radius 2 is 1.50 bits per heavy atom. The highest BCUT2D eigenvalue weighted by Gasteiger charge is 2.46. The average Bonchev–Trinajstić information content (AvgIpc) is 1.78. The minimum absolute atomic E-state index is 0.743. The van der Waals surface area contributed by atoms with Gasteiger partial charge in [-0.05, 0) is 0 Å². The van der Waals surface area contributed by atoms with Gasteiger partial charge in [0.25, 0.3) is 0 Å². The van der Waals surface area contributed by atoms with Gasteiger partial charge in [0.2, 0.25) is 0 Å². The molecule has 0 saturated carbocycles. The third-order valence-corrected chi connectivity index (χ3v) is 1.04. The summed E-state index contributed by atoms with van der Waals surface area (Å²) in [5.41, 5.74) is 0. The second kappa shape index (κ2) is 3.32. The first-order valence-corrected chi connectivity index (χ1v) is 2.75. The van der Waals surface area contributed by atoms with E-state index in [2.05, 4.69) is 0 Å². The molecule has 0 fully saturated rings. The van der Waals surface area contributed by atoms with Gasteiger partial charge in [-0.25, -0.2) is 0 Å². The first-order chi connectivity index (χ1) is 5.17. The molecule has 0 aromatic heterocycles. The van der Waals surface area contributed by atoms with Gasteiger partial charge in [-0.3, -0.25) is 0 Å². The van der Waals surface area contributed by atoms with Gasteiger partial charge in [-0.15, -0.1) is 0 Å². The Morgan fingerprint density at radius 1 is 1.08 bits per heavy atom. The molecular weight excluding hydrogens is 190 g/mol. The van der Waals surface area contributed by atoms with Crippen LogP contribution in [0.15, 0.2) is 0 Å². The standard InChI is InChI=1S/C5H4F6O/c6-4(7,8)1-3(2-12)5(9,10)11/h2-3H,1H2. The fourth-order valence-corrected chi connectivity index (χ4v) is 0.490. The first-order valence-electron chi connectivity index (χ1n) is 2.75. The first kappa shape index (κ1) is 11.2. The summed E-state index contributed by atoms with van der Waals surface area (Å²) in [5.74, 6) is -2.95. The molecule has 1 unspecified atom stereocenters. The van der Waals surface area contributed by atoms with Crippen molar-refractivity contribution in [1.82, 2.24) is 0 Å². The zero-order valence-electron chi connectivity index (χ0n) is 5.54. The summed E-state index contributed by atoms with van der Waals surface area (Å²) in [7, 11) is 0. The number of halogens is 6. The van der Waals surface area contributed by atoms with Crippen LogP contribution in [0.25, 0.3) is 0 Å². The van der Waals surface area contributed by atoms with Crippen LogP contribution in [0, 0.1) is 5.92 Å². The minimum atomic E-state index is -5.11. The van der Waals surface area contributed by atoms with Crippen molar-refractivity contribution >= 4 is 6.29 Å². The SMILES string of the molecule is O=CC(CC(F)(F)F)C(F)(F)F. The Balaban J connectivity index is 4.30. The number of carbonyl (C=O) groups is 1. The van der Waals surface area contributed by atoms with Gasteiger partial charge in [-0.1, -0.05) is 0 Å². The summed E-state index contributed by atoms with van der Waals surface area (Å²) in [6.07, 6.45) is -13.0. The second-order valence-electron chi connectivity index (χ2n) is 2.10. The van der Waals surface area contributed by atoms with E-state index in [-0.39, 0.29) is 0 Å². The van der Waals surface area contributed by atoms with E-state index in [0.29, 0.717) is 0 Å². The van der Waals surface area contributed by atoms with Crippen LogP contribution in [0.1, 0.15) is 6.42 Å². The zero-order chi connectivity index (χ0) is 9.99. The monoisotopic (exact) mass is 194 g/mol. The summed E-state index contributed by atoms with van der Waals surface area (Å²) < 4.78 is 68.7. The lowest BCUT2D eigenvalue weighted by molar-refractivity contribution is -0.212. The molecular formula is C5H4F6O. The second-order valence-corrected chi connectivity index (χ2v) is 2.10. The molecule has 0 aromatic rings. The summed E-state index contributed by atoms with van der Waals surface area (Å²) in [4.78, 5) is 9.61. The molecule has 0 saturated heterocycles. The Hall–Kier alpha value is -0.750. The van der Waals surface area contributed by atoms with E-state index < -0.39 is 31.0 Å². The van der Waals surface area contributed by atoms with Crippen molar-refractivity contribution in [3.05, 3.63) is 0 Å². The summed E-state index contributed by atoms with van der Waals surface area (Å²) >= 11 is 0. The van der Waals surface area contributed by atoms with Gasteiger partial charge in [0.15, 0.2) is 0 Å². The van der Waals surface area contributed by atoms with Crippen molar-refractivity contribution in [2.75, 3.05) is 0 Å². The minimum Gasteiger partial charge on any atom is -0.303 e. The predicted molar refractivity (Wildman–Crippen MR) is 26.3 cm³/mol. The highest BCUT2D eigenvalue weighted by molar-refractivity contribution is 5.54. The molecule has 0 aliphatic rings. The van der Waals surface area contributed by atoms with E-state index in [1.165, 1.54) is 0 Å². The van der Waals surface area contributed by atoms with Crippen LogP contribution in [-0.2, 0) is 4.79 Å². The van der Waals surface area contributed by atoms with Crippen LogP contribution in [0.2, 0.25) is 0 Å². The largest absolute Gasteiger partial charge is 0.398 e. The molecule has 72 valence electrons. The average molecular weight is 194 g/mol. The fourth-order valence-electron chi connectivity index (χ4n) is 0.490.